The smallest absolute Gasteiger partial charge is 0.342 e. The van der Waals surface area contributed by atoms with Gasteiger partial charge in [0.1, 0.15) is 10.7 Å². The molecule has 0 bridgehead atoms. The van der Waals surface area contributed by atoms with Crippen molar-refractivity contribution in [1.82, 2.24) is 20.2 Å². The number of carbonyl (C=O) groups is 1. The van der Waals surface area contributed by atoms with Gasteiger partial charge >= 0.3 is 5.97 Å². The molecule has 92 valence electrons. The van der Waals surface area contributed by atoms with Gasteiger partial charge in [-0.3, -0.25) is 10.1 Å². The van der Waals surface area contributed by atoms with Crippen LogP contribution in [0.3, 0.4) is 0 Å². The first-order chi connectivity index (χ1) is 8.65. The number of aryl methyl sites for hydroxylation is 1. The van der Waals surface area contributed by atoms with Crippen molar-refractivity contribution in [3.8, 4) is 0 Å². The third-order valence-corrected chi connectivity index (χ3v) is 2.85. The lowest BCUT2D eigenvalue weighted by Crippen LogP contribution is -1.97. The summed E-state index contributed by atoms with van der Waals surface area (Å²) in [5, 5.41) is 16.1. The number of aromatic amines is 1. The van der Waals surface area contributed by atoms with Gasteiger partial charge in [0.15, 0.2) is 0 Å². The summed E-state index contributed by atoms with van der Waals surface area (Å²) in [5.74, 6) is -0.380. The average molecular weight is 262 g/mol. The number of aliphatic carboxylic acids is 1. The Morgan fingerprint density at radius 3 is 2.94 bits per heavy atom. The fourth-order valence-electron chi connectivity index (χ4n) is 1.21. The lowest BCUT2D eigenvalue weighted by Gasteiger charge is -1.98. The second-order valence-corrected chi connectivity index (χ2v) is 4.41. The van der Waals surface area contributed by atoms with Crippen LogP contribution in [0.2, 0.25) is 0 Å². The van der Waals surface area contributed by atoms with Gasteiger partial charge in [-0.05, 0) is 36.4 Å². The van der Waals surface area contributed by atoms with E-state index in [1.54, 1.807) is 31.5 Å². The third-order valence-electron chi connectivity index (χ3n) is 1.97. The van der Waals surface area contributed by atoms with Crippen LogP contribution < -0.4 is 0 Å². The monoisotopic (exact) mass is 262 g/mol. The first-order valence-corrected chi connectivity index (χ1v) is 5.88. The van der Waals surface area contributed by atoms with Gasteiger partial charge in [-0.1, -0.05) is 6.07 Å². The van der Waals surface area contributed by atoms with Crippen LogP contribution in [0, 0.1) is 6.92 Å². The Kier molecular flexibility index (Phi) is 3.73. The van der Waals surface area contributed by atoms with Gasteiger partial charge in [0.2, 0.25) is 5.16 Å². The molecule has 0 unspecified atom stereocenters. The number of thioether (sulfide) groups is 1. The van der Waals surface area contributed by atoms with Gasteiger partial charge in [0.25, 0.3) is 0 Å². The summed E-state index contributed by atoms with van der Waals surface area (Å²) in [6.45, 7) is 1.75. The quantitative estimate of drug-likeness (QED) is 0.644. The van der Waals surface area contributed by atoms with Crippen molar-refractivity contribution in [2.24, 2.45) is 0 Å². The zero-order chi connectivity index (χ0) is 13.0. The molecular formula is C11H10N4O2S. The normalized spacial score (nSPS) is 11.5. The molecule has 0 fully saturated rings. The largest absolute Gasteiger partial charge is 0.477 e. The minimum Gasteiger partial charge on any atom is -0.477 e. The molecule has 2 aromatic heterocycles. The van der Waals surface area contributed by atoms with E-state index in [0.717, 1.165) is 17.3 Å². The maximum Gasteiger partial charge on any atom is 0.342 e. The number of H-pyrrole nitrogens is 1. The Labute approximate surface area is 107 Å². The van der Waals surface area contributed by atoms with E-state index in [2.05, 4.69) is 20.2 Å². The molecule has 2 heterocycles. The molecule has 18 heavy (non-hydrogen) atoms. The van der Waals surface area contributed by atoms with E-state index in [1.165, 1.54) is 6.08 Å². The van der Waals surface area contributed by atoms with Crippen LogP contribution in [0.5, 0.6) is 0 Å². The fourth-order valence-corrected chi connectivity index (χ4v) is 1.97. The van der Waals surface area contributed by atoms with Crippen LogP contribution >= 0.6 is 11.8 Å². The number of rotatable bonds is 4. The topological polar surface area (TPSA) is 91.8 Å². The molecule has 0 amide bonds. The van der Waals surface area contributed by atoms with E-state index >= 15 is 0 Å². The maximum absolute atomic E-state index is 11.1. The van der Waals surface area contributed by atoms with E-state index in [9.17, 15) is 4.79 Å². The number of aromatic nitrogens is 4. The maximum atomic E-state index is 11.1. The number of carboxylic acid groups (broad SMARTS) is 1. The second kappa shape index (κ2) is 5.46. The van der Waals surface area contributed by atoms with E-state index in [4.69, 9.17) is 5.11 Å². The molecule has 0 radical (unpaired) electrons. The minimum atomic E-state index is -1.02. The van der Waals surface area contributed by atoms with Crippen molar-refractivity contribution >= 4 is 23.8 Å². The van der Waals surface area contributed by atoms with Crippen molar-refractivity contribution < 1.29 is 9.90 Å². The van der Waals surface area contributed by atoms with Gasteiger partial charge in [0.05, 0.1) is 0 Å². The standard InChI is InChI=1S/C11H10N4O2S/c1-7-13-11(15-14-7)18-9(10(16)17)5-8-3-2-4-12-6-8/h2-6H,1H3,(H,16,17)(H,13,14,15)/b9-5-. The van der Waals surface area contributed by atoms with Gasteiger partial charge in [-0.15, -0.1) is 5.10 Å². The van der Waals surface area contributed by atoms with Crippen molar-refractivity contribution in [1.29, 1.82) is 0 Å². The SMILES string of the molecule is Cc1nc(S/C(=C\c2cccnc2)C(=O)O)n[nH]1. The van der Waals surface area contributed by atoms with Gasteiger partial charge in [-0.2, -0.15) is 0 Å². The van der Waals surface area contributed by atoms with Crippen LogP contribution in [-0.4, -0.2) is 31.2 Å². The van der Waals surface area contributed by atoms with Gasteiger partial charge < -0.3 is 5.11 Å². The zero-order valence-electron chi connectivity index (χ0n) is 9.49. The fraction of sp³-hybridized carbons (Fsp3) is 0.0909. The molecule has 6 nitrogen and oxygen atoms in total. The summed E-state index contributed by atoms with van der Waals surface area (Å²) in [5.41, 5.74) is 0.717. The number of hydrogen-bond donors (Lipinski definition) is 2. The predicted octanol–water partition coefficient (Wildman–Crippen LogP) is 1.73. The highest BCUT2D eigenvalue weighted by Crippen LogP contribution is 2.25. The summed E-state index contributed by atoms with van der Waals surface area (Å²) in [4.78, 5) is 19.3. The molecule has 2 N–H and O–H groups in total. The van der Waals surface area contributed by atoms with Crippen LogP contribution in [0.1, 0.15) is 11.4 Å². The van der Waals surface area contributed by atoms with Crippen molar-refractivity contribution in [2.45, 2.75) is 12.1 Å². The minimum absolute atomic E-state index is 0.141. The summed E-state index contributed by atoms with van der Waals surface area (Å²) < 4.78 is 0. The highest BCUT2D eigenvalue weighted by molar-refractivity contribution is 8.04. The molecule has 0 aliphatic rings. The molecule has 0 aliphatic carbocycles. The van der Waals surface area contributed by atoms with E-state index in [0.29, 0.717) is 11.0 Å². The van der Waals surface area contributed by atoms with Crippen molar-refractivity contribution in [3.05, 3.63) is 40.8 Å². The van der Waals surface area contributed by atoms with E-state index in [1.807, 2.05) is 0 Å². The van der Waals surface area contributed by atoms with Gasteiger partial charge in [-0.25, -0.2) is 9.78 Å². The van der Waals surface area contributed by atoms with Gasteiger partial charge in [0, 0.05) is 12.4 Å². The summed E-state index contributed by atoms with van der Waals surface area (Å²) in [7, 11) is 0. The van der Waals surface area contributed by atoms with E-state index in [-0.39, 0.29) is 4.91 Å². The summed E-state index contributed by atoms with van der Waals surface area (Å²) in [6, 6.07) is 3.52. The lowest BCUT2D eigenvalue weighted by atomic mass is 10.2. The highest BCUT2D eigenvalue weighted by atomic mass is 32.2. The molecule has 2 aromatic rings. The predicted molar refractivity (Wildman–Crippen MR) is 66.8 cm³/mol. The number of hydrogen-bond acceptors (Lipinski definition) is 5. The Balaban J connectivity index is 2.24. The average Bonchev–Trinajstić information content (AvgIpc) is 2.75. The van der Waals surface area contributed by atoms with Crippen LogP contribution in [0.4, 0.5) is 0 Å². The first-order valence-electron chi connectivity index (χ1n) is 5.07. The van der Waals surface area contributed by atoms with Crippen LogP contribution in [-0.2, 0) is 4.79 Å². The Morgan fingerprint density at radius 2 is 2.39 bits per heavy atom. The number of pyridine rings is 1. The van der Waals surface area contributed by atoms with Crippen LogP contribution in [0.25, 0.3) is 6.08 Å². The zero-order valence-corrected chi connectivity index (χ0v) is 10.3. The summed E-state index contributed by atoms with van der Waals surface area (Å²) in [6.07, 6.45) is 4.75. The number of nitrogens with one attached hydrogen (secondary N) is 1. The molecule has 2 rings (SSSR count). The van der Waals surface area contributed by atoms with Crippen molar-refractivity contribution in [2.75, 3.05) is 0 Å². The molecule has 0 atom stereocenters. The second-order valence-electron chi connectivity index (χ2n) is 3.41. The van der Waals surface area contributed by atoms with Crippen molar-refractivity contribution in [3.63, 3.8) is 0 Å². The number of carboxylic acids is 1. The lowest BCUT2D eigenvalue weighted by molar-refractivity contribution is -0.131. The molecule has 0 saturated carbocycles. The molecular weight excluding hydrogens is 252 g/mol. The van der Waals surface area contributed by atoms with E-state index < -0.39 is 5.97 Å². The third kappa shape index (κ3) is 3.17. The summed E-state index contributed by atoms with van der Waals surface area (Å²) >= 11 is 0.993. The number of nitrogens with zero attached hydrogens (tertiary/aromatic N) is 3. The first kappa shape index (κ1) is 12.3. The molecule has 0 spiro atoms. The Morgan fingerprint density at radius 1 is 1.56 bits per heavy atom. The molecule has 0 saturated heterocycles. The molecule has 7 heteroatoms. The molecule has 0 aromatic carbocycles. The molecule has 0 aliphatic heterocycles. The Hall–Kier alpha value is -2.15. The Bertz CT molecular complexity index is 580. The highest BCUT2D eigenvalue weighted by Gasteiger charge is 2.12. The van der Waals surface area contributed by atoms with Crippen LogP contribution in [0.15, 0.2) is 34.6 Å².